The fourth-order valence-corrected chi connectivity index (χ4v) is 7.31. The number of aromatic amines is 1. The van der Waals surface area contributed by atoms with E-state index in [1.165, 1.54) is 0 Å². The lowest BCUT2D eigenvalue weighted by Crippen LogP contribution is -2.53. The Morgan fingerprint density at radius 1 is 0.898 bits per heavy atom. The van der Waals surface area contributed by atoms with Gasteiger partial charge in [0, 0.05) is 53.6 Å². The van der Waals surface area contributed by atoms with Crippen molar-refractivity contribution in [3.8, 4) is 0 Å². The normalized spacial score (nSPS) is 26.9. The third-order valence-electron chi connectivity index (χ3n) is 10.8. The number of carbonyl (C=O) groups excluding carboxylic acids is 5. The number of Topliss-reactive ketones (excluding diaryl/α,β-unsaturated/α-hetero) is 4. The summed E-state index contributed by atoms with van der Waals surface area (Å²) in [4.78, 5) is 70.8. The first kappa shape index (κ1) is 40.1. The van der Waals surface area contributed by atoms with Gasteiger partial charge in [-0.3, -0.25) is 24.0 Å². The Morgan fingerprint density at radius 3 is 2.29 bits per heavy atom. The van der Waals surface area contributed by atoms with E-state index in [4.69, 9.17) is 0 Å². The average Bonchev–Trinajstić information content (AvgIpc) is 3.44. The molecule has 2 heterocycles. The lowest BCUT2D eigenvalue weighted by atomic mass is 9.72. The number of carbonyl (C=O) groups is 5. The van der Waals surface area contributed by atoms with Crippen LogP contribution in [-0.4, -0.2) is 39.6 Å². The first-order chi connectivity index (χ1) is 23.2. The van der Waals surface area contributed by atoms with E-state index in [2.05, 4.69) is 36.3 Å². The van der Waals surface area contributed by atoms with E-state index < -0.39 is 22.8 Å². The molecule has 0 bridgehead atoms. The molecule has 0 fully saturated rings. The molecule has 0 saturated carbocycles. The van der Waals surface area contributed by atoms with Gasteiger partial charge in [0.25, 0.3) is 0 Å². The molecule has 49 heavy (non-hydrogen) atoms. The molecule has 270 valence electrons. The summed E-state index contributed by atoms with van der Waals surface area (Å²) >= 11 is 0. The van der Waals surface area contributed by atoms with E-state index in [-0.39, 0.29) is 48.3 Å². The second-order valence-corrected chi connectivity index (χ2v) is 15.7. The van der Waals surface area contributed by atoms with E-state index >= 15 is 0 Å². The van der Waals surface area contributed by atoms with Crippen molar-refractivity contribution >= 4 is 39.9 Å². The predicted molar refractivity (Wildman–Crippen MR) is 198 cm³/mol. The van der Waals surface area contributed by atoms with Crippen LogP contribution in [0.1, 0.15) is 143 Å². The van der Waals surface area contributed by atoms with Gasteiger partial charge >= 0.3 is 0 Å². The van der Waals surface area contributed by atoms with Gasteiger partial charge in [-0.1, -0.05) is 76.8 Å². The maximum absolute atomic E-state index is 14.2. The monoisotopic (exact) mass is 674 g/mol. The highest BCUT2D eigenvalue weighted by molar-refractivity contribution is 5.95. The maximum Gasteiger partial charge on any atom is 0.223 e. The van der Waals surface area contributed by atoms with Gasteiger partial charge < -0.3 is 10.3 Å². The quantitative estimate of drug-likeness (QED) is 0.271. The summed E-state index contributed by atoms with van der Waals surface area (Å²) in [6, 6.07) is 7.95. The number of ketones is 4. The van der Waals surface area contributed by atoms with Gasteiger partial charge in [0.05, 0.1) is 5.54 Å². The van der Waals surface area contributed by atoms with Crippen LogP contribution in [-0.2, 0) is 30.4 Å². The summed E-state index contributed by atoms with van der Waals surface area (Å²) in [5.41, 5.74) is 0.175. The molecule has 1 aliphatic rings. The number of rotatable bonds is 8. The van der Waals surface area contributed by atoms with Crippen LogP contribution >= 0.6 is 0 Å². The van der Waals surface area contributed by atoms with E-state index in [1.54, 1.807) is 13.8 Å². The topological polar surface area (TPSA) is 113 Å². The Morgan fingerprint density at radius 2 is 1.59 bits per heavy atom. The lowest BCUT2D eigenvalue weighted by molar-refractivity contribution is -0.136. The molecule has 7 heteroatoms. The molecule has 4 atom stereocenters. The van der Waals surface area contributed by atoms with Crippen LogP contribution < -0.4 is 5.32 Å². The summed E-state index contributed by atoms with van der Waals surface area (Å²) in [6.07, 6.45) is 16.6. The van der Waals surface area contributed by atoms with E-state index in [0.717, 1.165) is 67.8 Å². The molecular weight excluding hydrogens is 612 g/mol. The molecule has 1 aliphatic heterocycles. The van der Waals surface area contributed by atoms with E-state index in [0.29, 0.717) is 38.0 Å². The first-order valence-corrected chi connectivity index (χ1v) is 18.8. The molecule has 2 N–H and O–H groups in total. The second kappa shape index (κ2) is 19.2. The van der Waals surface area contributed by atoms with Crippen molar-refractivity contribution in [1.29, 1.82) is 0 Å². The third-order valence-corrected chi connectivity index (χ3v) is 10.8. The van der Waals surface area contributed by atoms with E-state index in [1.807, 2.05) is 44.3 Å². The number of aromatic nitrogens is 1. The number of nitrogens with one attached hydrogen (secondary N) is 2. The maximum atomic E-state index is 14.2. The van der Waals surface area contributed by atoms with Gasteiger partial charge in [-0.05, 0) is 96.1 Å². The van der Waals surface area contributed by atoms with Gasteiger partial charge in [-0.25, -0.2) is 0 Å². The third kappa shape index (κ3) is 12.5. The van der Waals surface area contributed by atoms with Crippen LogP contribution in [0.5, 0.6) is 0 Å². The predicted octanol–water partition coefficient (Wildman–Crippen LogP) is 9.22. The van der Waals surface area contributed by atoms with Crippen molar-refractivity contribution in [1.82, 2.24) is 10.3 Å². The average molecular weight is 675 g/mol. The van der Waals surface area contributed by atoms with Gasteiger partial charge in [0.2, 0.25) is 5.91 Å². The Labute approximate surface area is 294 Å². The summed E-state index contributed by atoms with van der Waals surface area (Å²) in [5.74, 6) is -0.930. The van der Waals surface area contributed by atoms with Crippen molar-refractivity contribution in [3.05, 3.63) is 48.2 Å². The van der Waals surface area contributed by atoms with Crippen molar-refractivity contribution in [2.75, 3.05) is 0 Å². The Kier molecular flexibility index (Phi) is 15.7. The summed E-state index contributed by atoms with van der Waals surface area (Å²) in [6.45, 7) is 11.0. The number of H-pyrrole nitrogens is 1. The SMILES string of the molecule is CC(=O)C[C@]1(C)CCCCCC/C=C/CCC[C@@](C)(C(C)=O)NC(=O)[C@H](CCC(C)C)CCC(=O)[C@H](Cc2c[nH]c3ccccc23)CC1=O. The van der Waals surface area contributed by atoms with Crippen LogP contribution in [0.4, 0.5) is 0 Å². The molecule has 0 aliphatic carbocycles. The molecule has 0 unspecified atom stereocenters. The van der Waals surface area contributed by atoms with Crippen LogP contribution in [0.15, 0.2) is 42.6 Å². The van der Waals surface area contributed by atoms with Crippen molar-refractivity contribution in [2.24, 2.45) is 23.2 Å². The standard InChI is InChI=1S/C42H62N2O5/c1-30(2)20-21-33-22-23-38(47)34(26-35-29-43-37-19-15-14-18-36(35)37)27-39(48)41(5,28-31(3)45)24-16-12-10-8-7-9-11-13-17-25-42(6,32(4)46)44-40(33)49/h9,11,14-15,18-19,29-30,33-34,43H,7-8,10,12-13,16-17,20-28H2,1-6H3,(H,44,49)/b11-9+/t33-,34-,41+,42+/m1/s1. The van der Waals surface area contributed by atoms with Crippen molar-refractivity contribution < 1.29 is 24.0 Å². The smallest absolute Gasteiger partial charge is 0.223 e. The Hall–Kier alpha value is -3.35. The Balaban J connectivity index is 1.95. The van der Waals surface area contributed by atoms with Crippen LogP contribution in [0, 0.1) is 23.2 Å². The highest BCUT2D eigenvalue weighted by Crippen LogP contribution is 2.35. The second-order valence-electron chi connectivity index (χ2n) is 15.7. The zero-order valence-electron chi connectivity index (χ0n) is 31.1. The fourth-order valence-electron chi connectivity index (χ4n) is 7.31. The number of allylic oxidation sites excluding steroid dienone is 2. The van der Waals surface area contributed by atoms with E-state index in [9.17, 15) is 24.0 Å². The first-order valence-electron chi connectivity index (χ1n) is 18.8. The molecule has 7 nitrogen and oxygen atoms in total. The number of hydrogen-bond donors (Lipinski definition) is 2. The molecule has 0 radical (unpaired) electrons. The minimum Gasteiger partial charge on any atom is -0.361 e. The zero-order chi connectivity index (χ0) is 36.0. The van der Waals surface area contributed by atoms with Crippen LogP contribution in [0.2, 0.25) is 0 Å². The molecule has 3 rings (SSSR count). The number of fused-ring (bicyclic) bond motifs is 1. The highest BCUT2D eigenvalue weighted by Gasteiger charge is 2.37. The number of hydrogen-bond acceptors (Lipinski definition) is 5. The van der Waals surface area contributed by atoms with Gasteiger partial charge in [0.1, 0.15) is 17.3 Å². The van der Waals surface area contributed by atoms with Crippen molar-refractivity contribution in [3.63, 3.8) is 0 Å². The molecule has 0 spiro atoms. The zero-order valence-corrected chi connectivity index (χ0v) is 31.1. The minimum atomic E-state index is -0.965. The van der Waals surface area contributed by atoms with Crippen LogP contribution in [0.3, 0.4) is 0 Å². The van der Waals surface area contributed by atoms with Gasteiger partial charge in [-0.15, -0.1) is 0 Å². The summed E-state index contributed by atoms with van der Waals surface area (Å²) in [5, 5.41) is 4.14. The Bertz CT molecular complexity index is 1450. The van der Waals surface area contributed by atoms with Gasteiger partial charge in [0.15, 0.2) is 5.78 Å². The molecule has 0 saturated heterocycles. The largest absolute Gasteiger partial charge is 0.361 e. The minimum absolute atomic E-state index is 0.0153. The number of para-hydroxylation sites is 1. The fraction of sp³-hybridized carbons (Fsp3) is 0.643. The summed E-state index contributed by atoms with van der Waals surface area (Å²) in [7, 11) is 0. The number of benzene rings is 1. The molecule has 1 amide bonds. The molecular formula is C42H62N2O5. The lowest BCUT2D eigenvalue weighted by Gasteiger charge is -2.31. The number of amides is 1. The summed E-state index contributed by atoms with van der Waals surface area (Å²) < 4.78 is 0. The molecule has 1 aromatic carbocycles. The van der Waals surface area contributed by atoms with Crippen molar-refractivity contribution in [2.45, 2.75) is 150 Å². The van der Waals surface area contributed by atoms with Crippen LogP contribution in [0.25, 0.3) is 10.9 Å². The van der Waals surface area contributed by atoms with Gasteiger partial charge in [-0.2, -0.15) is 0 Å². The highest BCUT2D eigenvalue weighted by atomic mass is 16.2. The molecule has 1 aromatic heterocycles. The molecule has 2 aromatic rings.